The molecule has 6 heteroatoms. The summed E-state index contributed by atoms with van der Waals surface area (Å²) in [5.74, 6) is 2.06. The van der Waals surface area contributed by atoms with Crippen LogP contribution in [0.15, 0.2) is 46.9 Å². The van der Waals surface area contributed by atoms with Crippen molar-refractivity contribution in [1.82, 2.24) is 9.80 Å². The number of hydrogen-bond acceptors (Lipinski definition) is 4. The van der Waals surface area contributed by atoms with Crippen molar-refractivity contribution < 1.29 is 18.7 Å². The molecule has 1 aromatic carbocycles. The lowest BCUT2D eigenvalue weighted by atomic mass is 9.97. The highest BCUT2D eigenvalue weighted by Gasteiger charge is 2.27. The second kappa shape index (κ2) is 10.0. The first-order chi connectivity index (χ1) is 14.7. The fraction of sp³-hybridized carbons (Fsp3) is 0.520. The zero-order valence-electron chi connectivity index (χ0n) is 19.1. The van der Waals surface area contributed by atoms with E-state index in [9.17, 15) is 9.59 Å². The van der Waals surface area contributed by atoms with Gasteiger partial charge in [0.2, 0.25) is 5.91 Å². The molecule has 0 aliphatic carbocycles. The largest absolute Gasteiger partial charge is 0.461 e. The molecule has 0 radical (unpaired) electrons. The van der Waals surface area contributed by atoms with Crippen LogP contribution in [0, 0.1) is 5.92 Å². The molecule has 1 saturated heterocycles. The molecule has 168 valence electrons. The van der Waals surface area contributed by atoms with Gasteiger partial charge in [0.25, 0.3) is 0 Å². The van der Waals surface area contributed by atoms with Gasteiger partial charge < -0.3 is 19.0 Å². The topological polar surface area (TPSA) is 63.0 Å². The standard InChI is InChI=1S/C25H34N2O4/c1-25(2,3)31-24(29)26(4)17-19-9-8-16-27(18-19)23(28)15-13-21-12-14-22(30-21)20-10-6-5-7-11-20/h5-7,10-12,14,19H,8-9,13,15-18H2,1-4H3/t19-/m1/s1. The van der Waals surface area contributed by atoms with Crippen molar-refractivity contribution in [2.24, 2.45) is 5.92 Å². The average Bonchev–Trinajstić information content (AvgIpc) is 3.21. The quantitative estimate of drug-likeness (QED) is 0.653. The van der Waals surface area contributed by atoms with Crippen LogP contribution in [-0.4, -0.2) is 54.1 Å². The molecule has 0 spiro atoms. The normalized spacial score (nSPS) is 16.8. The van der Waals surface area contributed by atoms with Gasteiger partial charge in [0.15, 0.2) is 0 Å². The average molecular weight is 427 g/mol. The lowest BCUT2D eigenvalue weighted by Gasteiger charge is -2.35. The molecule has 31 heavy (non-hydrogen) atoms. The number of hydrogen-bond donors (Lipinski definition) is 0. The van der Waals surface area contributed by atoms with Crippen molar-refractivity contribution in [3.63, 3.8) is 0 Å². The van der Waals surface area contributed by atoms with E-state index in [-0.39, 0.29) is 17.9 Å². The SMILES string of the molecule is CN(C[C@H]1CCCN(C(=O)CCc2ccc(-c3ccccc3)o2)C1)C(=O)OC(C)(C)C. The zero-order chi connectivity index (χ0) is 22.4. The van der Waals surface area contributed by atoms with Crippen molar-refractivity contribution in [1.29, 1.82) is 0 Å². The summed E-state index contributed by atoms with van der Waals surface area (Å²) in [7, 11) is 1.76. The van der Waals surface area contributed by atoms with Crippen molar-refractivity contribution in [2.75, 3.05) is 26.7 Å². The number of ether oxygens (including phenoxy) is 1. The van der Waals surface area contributed by atoms with E-state index in [0.717, 1.165) is 36.5 Å². The Kier molecular flexibility index (Phi) is 7.42. The minimum absolute atomic E-state index is 0.141. The van der Waals surface area contributed by atoms with Crippen LogP contribution in [0.2, 0.25) is 0 Å². The van der Waals surface area contributed by atoms with Gasteiger partial charge in [-0.15, -0.1) is 0 Å². The third kappa shape index (κ3) is 6.88. The molecule has 6 nitrogen and oxygen atoms in total. The molecule has 0 N–H and O–H groups in total. The van der Waals surface area contributed by atoms with Crippen LogP contribution in [0.3, 0.4) is 0 Å². The molecule has 3 rings (SSSR count). The van der Waals surface area contributed by atoms with E-state index in [1.54, 1.807) is 11.9 Å². The van der Waals surface area contributed by atoms with Gasteiger partial charge >= 0.3 is 6.09 Å². The van der Waals surface area contributed by atoms with Crippen molar-refractivity contribution in [3.05, 3.63) is 48.2 Å². The summed E-state index contributed by atoms with van der Waals surface area (Å²) >= 11 is 0. The van der Waals surface area contributed by atoms with Gasteiger partial charge in [0.1, 0.15) is 17.1 Å². The van der Waals surface area contributed by atoms with Gasteiger partial charge in [-0.1, -0.05) is 30.3 Å². The Balaban J connectivity index is 1.47. The van der Waals surface area contributed by atoms with Crippen molar-refractivity contribution in [2.45, 2.75) is 52.1 Å². The summed E-state index contributed by atoms with van der Waals surface area (Å²) in [5, 5.41) is 0. The van der Waals surface area contributed by atoms with Crippen molar-refractivity contribution in [3.8, 4) is 11.3 Å². The number of piperidine rings is 1. The second-order valence-electron chi connectivity index (χ2n) is 9.34. The van der Waals surface area contributed by atoms with Gasteiger partial charge in [-0.05, 0) is 51.7 Å². The van der Waals surface area contributed by atoms with E-state index in [1.807, 2.05) is 68.1 Å². The number of carbonyl (C=O) groups excluding carboxylic acids is 2. The first-order valence-corrected chi connectivity index (χ1v) is 11.1. The first kappa shape index (κ1) is 22.9. The Labute approximate surface area is 185 Å². The van der Waals surface area contributed by atoms with Crippen LogP contribution in [0.5, 0.6) is 0 Å². The van der Waals surface area contributed by atoms with Crippen LogP contribution >= 0.6 is 0 Å². The Hall–Kier alpha value is -2.76. The smallest absolute Gasteiger partial charge is 0.410 e. The second-order valence-corrected chi connectivity index (χ2v) is 9.34. The summed E-state index contributed by atoms with van der Waals surface area (Å²) in [6.07, 6.45) is 2.66. The molecule has 0 unspecified atom stereocenters. The predicted octanol–water partition coefficient (Wildman–Crippen LogP) is 4.98. The van der Waals surface area contributed by atoms with E-state index in [4.69, 9.17) is 9.15 Å². The van der Waals surface area contributed by atoms with E-state index in [2.05, 4.69) is 0 Å². The lowest BCUT2D eigenvalue weighted by Crippen LogP contribution is -2.45. The molecule has 1 aliphatic rings. The molecule has 2 amide bonds. The molecule has 1 fully saturated rings. The highest BCUT2D eigenvalue weighted by atomic mass is 16.6. The third-order valence-corrected chi connectivity index (χ3v) is 5.41. The minimum atomic E-state index is -0.508. The Bertz CT molecular complexity index is 869. The van der Waals surface area contributed by atoms with Crippen molar-refractivity contribution >= 4 is 12.0 Å². The number of likely N-dealkylation sites (tertiary alicyclic amines) is 1. The maximum Gasteiger partial charge on any atom is 0.410 e. The van der Waals surface area contributed by atoms with E-state index >= 15 is 0 Å². The summed E-state index contributed by atoms with van der Waals surface area (Å²) in [6.45, 7) is 7.64. The number of carbonyl (C=O) groups is 2. The van der Waals surface area contributed by atoms with Crippen LogP contribution in [0.25, 0.3) is 11.3 Å². The highest BCUT2D eigenvalue weighted by Crippen LogP contribution is 2.23. The van der Waals surface area contributed by atoms with Gasteiger partial charge in [-0.3, -0.25) is 4.79 Å². The maximum absolute atomic E-state index is 12.8. The van der Waals surface area contributed by atoms with E-state index in [0.29, 0.717) is 25.9 Å². The van der Waals surface area contributed by atoms with Crippen LogP contribution < -0.4 is 0 Å². The van der Waals surface area contributed by atoms with Gasteiger partial charge in [0, 0.05) is 45.1 Å². The molecule has 2 heterocycles. The van der Waals surface area contributed by atoms with Crippen LogP contribution in [0.1, 0.15) is 45.8 Å². The first-order valence-electron chi connectivity index (χ1n) is 11.1. The number of benzene rings is 1. The number of nitrogens with zero attached hydrogens (tertiary/aromatic N) is 2. The molecule has 2 aromatic rings. The highest BCUT2D eigenvalue weighted by molar-refractivity contribution is 5.76. The van der Waals surface area contributed by atoms with E-state index < -0.39 is 5.60 Å². The fourth-order valence-corrected chi connectivity index (χ4v) is 3.90. The Morgan fingerprint density at radius 3 is 2.61 bits per heavy atom. The summed E-state index contributed by atoms with van der Waals surface area (Å²) in [6, 6.07) is 13.9. The van der Waals surface area contributed by atoms with Crippen LogP contribution in [-0.2, 0) is 16.0 Å². The lowest BCUT2D eigenvalue weighted by molar-refractivity contribution is -0.133. The Morgan fingerprint density at radius 2 is 1.90 bits per heavy atom. The molecule has 1 atom stereocenters. The third-order valence-electron chi connectivity index (χ3n) is 5.41. The summed E-state index contributed by atoms with van der Waals surface area (Å²) < 4.78 is 11.4. The predicted molar refractivity (Wildman–Crippen MR) is 121 cm³/mol. The van der Waals surface area contributed by atoms with Gasteiger partial charge in [-0.25, -0.2) is 4.79 Å². The molecule has 0 bridgehead atoms. The van der Waals surface area contributed by atoms with Gasteiger partial charge in [-0.2, -0.15) is 0 Å². The fourth-order valence-electron chi connectivity index (χ4n) is 3.90. The number of rotatable bonds is 6. The maximum atomic E-state index is 12.8. The summed E-state index contributed by atoms with van der Waals surface area (Å²) in [4.78, 5) is 28.6. The van der Waals surface area contributed by atoms with E-state index in [1.165, 1.54) is 0 Å². The molecular weight excluding hydrogens is 392 g/mol. The monoisotopic (exact) mass is 426 g/mol. The molecular formula is C25H34N2O4. The molecule has 0 saturated carbocycles. The van der Waals surface area contributed by atoms with Gasteiger partial charge in [0.05, 0.1) is 0 Å². The number of amides is 2. The molecule has 1 aliphatic heterocycles. The minimum Gasteiger partial charge on any atom is -0.461 e. The summed E-state index contributed by atoms with van der Waals surface area (Å²) in [5.41, 5.74) is 0.527. The molecule has 1 aromatic heterocycles. The Morgan fingerprint density at radius 1 is 1.16 bits per heavy atom. The number of furan rings is 1. The number of aryl methyl sites for hydroxylation is 1. The van der Waals surface area contributed by atoms with Crippen LogP contribution in [0.4, 0.5) is 4.79 Å². The zero-order valence-corrected chi connectivity index (χ0v) is 19.1.